The van der Waals surface area contributed by atoms with Crippen LogP contribution < -0.4 is 20.3 Å². The molecule has 0 saturated heterocycles. The van der Waals surface area contributed by atoms with Crippen molar-refractivity contribution in [3.8, 4) is 22.8 Å². The highest BCUT2D eigenvalue weighted by molar-refractivity contribution is 7.14. The molecule has 7 nitrogen and oxygen atoms in total. The summed E-state index contributed by atoms with van der Waals surface area (Å²) in [6, 6.07) is 6.91. The van der Waals surface area contributed by atoms with Crippen LogP contribution >= 0.6 is 11.3 Å². The molecule has 0 atom stereocenters. The van der Waals surface area contributed by atoms with Gasteiger partial charge in [0.1, 0.15) is 23.6 Å². The van der Waals surface area contributed by atoms with Crippen molar-refractivity contribution in [2.24, 2.45) is 0 Å². The lowest BCUT2D eigenvalue weighted by Gasteiger charge is -2.10. The van der Waals surface area contributed by atoms with Gasteiger partial charge in [0.05, 0.1) is 19.9 Å². The van der Waals surface area contributed by atoms with E-state index in [0.29, 0.717) is 33.4 Å². The van der Waals surface area contributed by atoms with Crippen LogP contribution in [-0.4, -0.2) is 29.7 Å². The van der Waals surface area contributed by atoms with Crippen LogP contribution in [0.15, 0.2) is 46.7 Å². The van der Waals surface area contributed by atoms with E-state index in [0.717, 1.165) is 23.6 Å². The van der Waals surface area contributed by atoms with Gasteiger partial charge in [-0.3, -0.25) is 9.59 Å². The van der Waals surface area contributed by atoms with Crippen LogP contribution in [0, 0.1) is 0 Å². The number of pyridine rings is 1. The maximum Gasteiger partial charge on any atom is 0.421 e. The first-order chi connectivity index (χ1) is 14.2. The van der Waals surface area contributed by atoms with Crippen molar-refractivity contribution in [2.45, 2.75) is 12.7 Å². The zero-order valence-corrected chi connectivity index (χ0v) is 16.6. The van der Waals surface area contributed by atoms with Crippen LogP contribution in [-0.2, 0) is 17.5 Å². The van der Waals surface area contributed by atoms with Crippen molar-refractivity contribution < 1.29 is 27.4 Å². The highest BCUT2D eigenvalue weighted by atomic mass is 32.1. The predicted octanol–water partition coefficient (Wildman–Crippen LogP) is 3.65. The summed E-state index contributed by atoms with van der Waals surface area (Å²) >= 11 is 1.13. The number of thiazole rings is 1. The van der Waals surface area contributed by atoms with Crippen molar-refractivity contribution in [1.82, 2.24) is 9.55 Å². The van der Waals surface area contributed by atoms with Crippen LogP contribution in [0.4, 0.5) is 18.3 Å². The molecule has 0 fully saturated rings. The van der Waals surface area contributed by atoms with E-state index < -0.39 is 29.8 Å². The van der Waals surface area contributed by atoms with Gasteiger partial charge in [0.25, 0.3) is 5.56 Å². The number of carbonyl (C=O) groups excluding carboxylic acids is 1. The molecule has 3 aromatic rings. The summed E-state index contributed by atoms with van der Waals surface area (Å²) in [5, 5.41) is 4.41. The number of anilines is 1. The second-order valence-corrected chi connectivity index (χ2v) is 6.86. The smallest absolute Gasteiger partial charge is 0.421 e. The number of rotatable bonds is 6. The van der Waals surface area contributed by atoms with Crippen molar-refractivity contribution in [3.05, 3.63) is 57.8 Å². The van der Waals surface area contributed by atoms with E-state index in [4.69, 9.17) is 9.47 Å². The zero-order chi connectivity index (χ0) is 21.9. The topological polar surface area (TPSA) is 82.5 Å². The fourth-order valence-electron chi connectivity index (χ4n) is 2.66. The Bertz CT molecular complexity index is 1120. The van der Waals surface area contributed by atoms with E-state index in [1.165, 1.54) is 14.2 Å². The van der Waals surface area contributed by atoms with E-state index in [-0.39, 0.29) is 5.13 Å². The number of alkyl halides is 3. The highest BCUT2D eigenvalue weighted by Gasteiger charge is 2.34. The van der Waals surface area contributed by atoms with Crippen LogP contribution in [0.25, 0.3) is 11.3 Å². The van der Waals surface area contributed by atoms with E-state index in [2.05, 4.69) is 10.3 Å². The molecule has 0 unspecified atom stereocenters. The molecule has 0 aliphatic carbocycles. The molecule has 2 heterocycles. The summed E-state index contributed by atoms with van der Waals surface area (Å²) < 4.78 is 49.7. The lowest BCUT2D eigenvalue weighted by atomic mass is 10.1. The summed E-state index contributed by atoms with van der Waals surface area (Å²) in [4.78, 5) is 28.5. The van der Waals surface area contributed by atoms with E-state index >= 15 is 0 Å². The summed E-state index contributed by atoms with van der Waals surface area (Å²) in [6.07, 6.45) is -3.68. The van der Waals surface area contributed by atoms with Gasteiger partial charge in [0.2, 0.25) is 5.91 Å². The molecule has 0 saturated carbocycles. The molecule has 0 aliphatic heterocycles. The van der Waals surface area contributed by atoms with E-state index in [1.807, 2.05) is 0 Å². The number of methoxy groups -OCH3 is 2. The number of nitrogens with zero attached hydrogens (tertiary/aromatic N) is 2. The van der Waals surface area contributed by atoms with Crippen molar-refractivity contribution >= 4 is 22.4 Å². The van der Waals surface area contributed by atoms with Gasteiger partial charge in [0.15, 0.2) is 5.13 Å². The molecule has 0 spiro atoms. The van der Waals surface area contributed by atoms with Crippen LogP contribution in [0.1, 0.15) is 5.56 Å². The predicted molar refractivity (Wildman–Crippen MR) is 105 cm³/mol. The number of benzene rings is 1. The van der Waals surface area contributed by atoms with Crippen LogP contribution in [0.2, 0.25) is 0 Å². The van der Waals surface area contributed by atoms with Crippen LogP contribution in [0.5, 0.6) is 11.5 Å². The quantitative estimate of drug-likeness (QED) is 0.634. The SMILES string of the molecule is COc1ccc(-c2csc(NC(=O)Cn3cccc(C(F)(F)F)c3=O)n2)c(OC)c1. The standard InChI is InChI=1S/C19H16F3N3O4S/c1-28-11-5-6-12(15(8-11)29-2)14-10-30-18(23-14)24-16(26)9-25-7-3-4-13(17(25)27)19(20,21)22/h3-8,10H,9H2,1-2H3,(H,23,24,26). The average molecular weight is 439 g/mol. The third kappa shape index (κ3) is 4.62. The third-order valence-electron chi connectivity index (χ3n) is 4.07. The Morgan fingerprint density at radius 1 is 1.23 bits per heavy atom. The maximum atomic E-state index is 12.8. The summed E-state index contributed by atoms with van der Waals surface area (Å²) in [6.45, 7) is -0.580. The minimum Gasteiger partial charge on any atom is -0.497 e. The second-order valence-electron chi connectivity index (χ2n) is 6.00. The molecule has 11 heteroatoms. The minimum absolute atomic E-state index is 0.230. The Kier molecular flexibility index (Phi) is 6.11. The molecular weight excluding hydrogens is 423 g/mol. The van der Waals surface area contributed by atoms with Gasteiger partial charge < -0.3 is 19.4 Å². The number of halogens is 3. The summed E-state index contributed by atoms with van der Waals surface area (Å²) in [5.74, 6) is 0.443. The lowest BCUT2D eigenvalue weighted by Crippen LogP contribution is -2.31. The molecular formula is C19H16F3N3O4S. The summed E-state index contributed by atoms with van der Waals surface area (Å²) in [7, 11) is 3.03. The number of amides is 1. The molecule has 0 radical (unpaired) electrons. The second kappa shape index (κ2) is 8.57. The molecule has 1 aromatic carbocycles. The molecule has 2 aromatic heterocycles. The normalized spacial score (nSPS) is 11.2. The maximum absolute atomic E-state index is 12.8. The number of hydrogen-bond acceptors (Lipinski definition) is 6. The monoisotopic (exact) mass is 439 g/mol. The van der Waals surface area contributed by atoms with Crippen LogP contribution in [0.3, 0.4) is 0 Å². The van der Waals surface area contributed by atoms with Crippen molar-refractivity contribution in [2.75, 3.05) is 19.5 Å². The van der Waals surface area contributed by atoms with Gasteiger partial charge in [-0.05, 0) is 24.3 Å². The van der Waals surface area contributed by atoms with Crippen molar-refractivity contribution in [1.29, 1.82) is 0 Å². The average Bonchev–Trinajstić information content (AvgIpc) is 3.16. The number of aromatic nitrogens is 2. The summed E-state index contributed by atoms with van der Waals surface area (Å²) in [5.41, 5.74) is -1.42. The van der Waals surface area contributed by atoms with Crippen molar-refractivity contribution in [3.63, 3.8) is 0 Å². The number of nitrogens with one attached hydrogen (secondary N) is 1. The number of ether oxygens (including phenoxy) is 2. The van der Waals surface area contributed by atoms with E-state index in [1.54, 1.807) is 23.6 Å². The van der Waals surface area contributed by atoms with Gasteiger partial charge >= 0.3 is 6.18 Å². The number of carbonyl (C=O) groups is 1. The molecule has 0 aliphatic rings. The van der Waals surface area contributed by atoms with E-state index in [9.17, 15) is 22.8 Å². The molecule has 1 N–H and O–H groups in total. The Balaban J connectivity index is 1.76. The Morgan fingerprint density at radius 2 is 2.00 bits per heavy atom. The molecule has 158 valence electrons. The third-order valence-corrected chi connectivity index (χ3v) is 4.83. The van der Waals surface area contributed by atoms with Gasteiger partial charge in [0, 0.05) is 23.2 Å². The molecule has 1 amide bonds. The fraction of sp³-hybridized carbons (Fsp3) is 0.211. The zero-order valence-electron chi connectivity index (χ0n) is 15.8. The first kappa shape index (κ1) is 21.4. The van der Waals surface area contributed by atoms with Gasteiger partial charge in [-0.25, -0.2) is 4.98 Å². The number of hydrogen-bond donors (Lipinski definition) is 1. The minimum atomic E-state index is -4.79. The fourth-order valence-corrected chi connectivity index (χ4v) is 3.38. The van der Waals surface area contributed by atoms with Gasteiger partial charge in [-0.2, -0.15) is 13.2 Å². The Morgan fingerprint density at radius 3 is 2.67 bits per heavy atom. The molecule has 30 heavy (non-hydrogen) atoms. The first-order valence-electron chi connectivity index (χ1n) is 8.47. The van der Waals surface area contributed by atoms with Gasteiger partial charge in [-0.15, -0.1) is 11.3 Å². The first-order valence-corrected chi connectivity index (χ1v) is 9.35. The molecule has 0 bridgehead atoms. The molecule has 3 rings (SSSR count). The lowest BCUT2D eigenvalue weighted by molar-refractivity contribution is -0.139. The Hall–Kier alpha value is -3.34. The Labute approximate surface area is 172 Å². The van der Waals surface area contributed by atoms with Gasteiger partial charge in [-0.1, -0.05) is 0 Å². The highest BCUT2D eigenvalue weighted by Crippen LogP contribution is 2.34. The largest absolute Gasteiger partial charge is 0.497 e.